The van der Waals surface area contributed by atoms with Crippen molar-refractivity contribution in [1.82, 2.24) is 10.2 Å². The SMILES string of the molecule is CNC(=O)C1Cc2ccccc2CN1C(=O)COc1cccc(F)c1. The fraction of sp³-hybridized carbons (Fsp3) is 0.263. The average Bonchev–Trinajstić information content (AvgIpc) is 2.64. The van der Waals surface area contributed by atoms with Crippen LogP contribution in [0, 0.1) is 5.82 Å². The minimum Gasteiger partial charge on any atom is -0.484 e. The average molecular weight is 342 g/mol. The van der Waals surface area contributed by atoms with Gasteiger partial charge in [-0.15, -0.1) is 0 Å². The lowest BCUT2D eigenvalue weighted by Gasteiger charge is -2.35. The van der Waals surface area contributed by atoms with Crippen molar-refractivity contribution in [2.24, 2.45) is 0 Å². The van der Waals surface area contributed by atoms with Crippen LogP contribution in [0.2, 0.25) is 0 Å². The maximum Gasteiger partial charge on any atom is 0.261 e. The molecule has 1 atom stereocenters. The molecule has 2 amide bonds. The summed E-state index contributed by atoms with van der Waals surface area (Å²) in [6.07, 6.45) is 0.460. The summed E-state index contributed by atoms with van der Waals surface area (Å²) in [5.74, 6) is -0.677. The number of rotatable bonds is 4. The van der Waals surface area contributed by atoms with E-state index < -0.39 is 11.9 Å². The number of halogens is 1. The molecule has 0 aromatic heterocycles. The van der Waals surface area contributed by atoms with Crippen molar-refractivity contribution in [2.45, 2.75) is 19.0 Å². The van der Waals surface area contributed by atoms with Crippen LogP contribution >= 0.6 is 0 Å². The Balaban J connectivity index is 1.75. The van der Waals surface area contributed by atoms with Crippen molar-refractivity contribution in [3.8, 4) is 5.75 Å². The topological polar surface area (TPSA) is 58.6 Å². The summed E-state index contributed by atoms with van der Waals surface area (Å²) in [4.78, 5) is 26.4. The molecule has 2 aromatic rings. The van der Waals surface area contributed by atoms with Gasteiger partial charge in [-0.2, -0.15) is 0 Å². The van der Waals surface area contributed by atoms with Crippen LogP contribution in [0.25, 0.3) is 0 Å². The van der Waals surface area contributed by atoms with Gasteiger partial charge >= 0.3 is 0 Å². The number of nitrogens with zero attached hydrogens (tertiary/aromatic N) is 1. The van der Waals surface area contributed by atoms with E-state index >= 15 is 0 Å². The van der Waals surface area contributed by atoms with Gasteiger partial charge in [0.25, 0.3) is 5.91 Å². The third-order valence-electron chi connectivity index (χ3n) is 4.28. The van der Waals surface area contributed by atoms with Crippen molar-refractivity contribution in [3.05, 3.63) is 65.5 Å². The number of benzene rings is 2. The molecule has 3 rings (SSSR count). The normalized spacial score (nSPS) is 16.1. The van der Waals surface area contributed by atoms with Crippen LogP contribution in [0.5, 0.6) is 5.75 Å². The van der Waals surface area contributed by atoms with Gasteiger partial charge in [-0.1, -0.05) is 30.3 Å². The predicted molar refractivity (Wildman–Crippen MR) is 90.4 cm³/mol. The van der Waals surface area contributed by atoms with Crippen LogP contribution in [-0.4, -0.2) is 36.4 Å². The molecular formula is C19H19FN2O3. The molecule has 1 unspecified atom stereocenters. The van der Waals surface area contributed by atoms with Crippen molar-refractivity contribution in [1.29, 1.82) is 0 Å². The van der Waals surface area contributed by atoms with E-state index in [-0.39, 0.29) is 24.2 Å². The lowest BCUT2D eigenvalue weighted by molar-refractivity contribution is -0.143. The molecule has 0 radical (unpaired) electrons. The van der Waals surface area contributed by atoms with Crippen LogP contribution in [0.4, 0.5) is 4.39 Å². The summed E-state index contributed by atoms with van der Waals surface area (Å²) in [5.41, 5.74) is 2.08. The Morgan fingerprint density at radius 1 is 1.20 bits per heavy atom. The lowest BCUT2D eigenvalue weighted by Crippen LogP contribution is -2.53. The summed E-state index contributed by atoms with van der Waals surface area (Å²) in [7, 11) is 1.55. The van der Waals surface area contributed by atoms with E-state index in [0.29, 0.717) is 13.0 Å². The maximum absolute atomic E-state index is 13.2. The van der Waals surface area contributed by atoms with E-state index in [9.17, 15) is 14.0 Å². The fourth-order valence-electron chi connectivity index (χ4n) is 2.97. The number of ether oxygens (including phenoxy) is 1. The van der Waals surface area contributed by atoms with Crippen LogP contribution in [0.1, 0.15) is 11.1 Å². The molecule has 130 valence electrons. The molecule has 25 heavy (non-hydrogen) atoms. The Labute approximate surface area is 145 Å². The van der Waals surface area contributed by atoms with Crippen LogP contribution < -0.4 is 10.1 Å². The quantitative estimate of drug-likeness (QED) is 0.923. The Bertz CT molecular complexity index is 794. The highest BCUT2D eigenvalue weighted by Crippen LogP contribution is 2.24. The maximum atomic E-state index is 13.2. The highest BCUT2D eigenvalue weighted by atomic mass is 19.1. The second-order valence-electron chi connectivity index (χ2n) is 5.87. The molecule has 2 aromatic carbocycles. The Kier molecular flexibility index (Phi) is 4.97. The number of carbonyl (C=O) groups is 2. The van der Waals surface area contributed by atoms with Crippen molar-refractivity contribution < 1.29 is 18.7 Å². The molecular weight excluding hydrogens is 323 g/mol. The number of nitrogens with one attached hydrogen (secondary N) is 1. The molecule has 5 nitrogen and oxygen atoms in total. The summed E-state index contributed by atoms with van der Waals surface area (Å²) in [6.45, 7) is 0.0960. The molecule has 1 heterocycles. The van der Waals surface area contributed by atoms with Gasteiger partial charge < -0.3 is 15.0 Å². The van der Waals surface area contributed by atoms with E-state index in [1.807, 2.05) is 24.3 Å². The molecule has 6 heteroatoms. The van der Waals surface area contributed by atoms with Gasteiger partial charge in [-0.05, 0) is 23.3 Å². The van der Waals surface area contributed by atoms with Gasteiger partial charge in [0, 0.05) is 26.1 Å². The first-order chi connectivity index (χ1) is 12.1. The van der Waals surface area contributed by atoms with Gasteiger partial charge in [0.05, 0.1) is 0 Å². The van der Waals surface area contributed by atoms with Crippen LogP contribution in [0.3, 0.4) is 0 Å². The molecule has 0 saturated heterocycles. The number of hydrogen-bond donors (Lipinski definition) is 1. The standard InChI is InChI=1S/C19H19FN2O3/c1-21-19(24)17-9-13-5-2-3-6-14(13)11-22(17)18(23)12-25-16-8-4-7-15(20)10-16/h2-8,10,17H,9,11-12H2,1H3,(H,21,24). The smallest absolute Gasteiger partial charge is 0.261 e. The highest BCUT2D eigenvalue weighted by Gasteiger charge is 2.34. The molecule has 1 N–H and O–H groups in total. The monoisotopic (exact) mass is 342 g/mol. The number of amides is 2. The molecule has 0 saturated carbocycles. The second-order valence-corrected chi connectivity index (χ2v) is 5.87. The van der Waals surface area contributed by atoms with Crippen LogP contribution in [-0.2, 0) is 22.6 Å². The second kappa shape index (κ2) is 7.34. The van der Waals surface area contributed by atoms with Gasteiger partial charge in [-0.3, -0.25) is 9.59 Å². The van der Waals surface area contributed by atoms with Crippen molar-refractivity contribution >= 4 is 11.8 Å². The Morgan fingerprint density at radius 2 is 1.96 bits per heavy atom. The number of carbonyl (C=O) groups excluding carboxylic acids is 2. The van der Waals surface area contributed by atoms with Crippen molar-refractivity contribution in [3.63, 3.8) is 0 Å². The zero-order chi connectivity index (χ0) is 17.8. The number of fused-ring (bicyclic) bond motifs is 1. The summed E-state index contributed by atoms with van der Waals surface area (Å²) >= 11 is 0. The van der Waals surface area contributed by atoms with E-state index in [2.05, 4.69) is 5.32 Å². The first-order valence-corrected chi connectivity index (χ1v) is 8.04. The van der Waals surface area contributed by atoms with Crippen LogP contribution in [0.15, 0.2) is 48.5 Å². The zero-order valence-electron chi connectivity index (χ0n) is 13.9. The number of hydrogen-bond acceptors (Lipinski definition) is 3. The molecule has 0 fully saturated rings. The third-order valence-corrected chi connectivity index (χ3v) is 4.28. The first kappa shape index (κ1) is 17.0. The third kappa shape index (κ3) is 3.79. The molecule has 0 spiro atoms. The van der Waals surface area contributed by atoms with E-state index in [4.69, 9.17) is 4.74 Å². The zero-order valence-corrected chi connectivity index (χ0v) is 13.9. The van der Waals surface area contributed by atoms with Gasteiger partial charge in [0.2, 0.25) is 5.91 Å². The van der Waals surface area contributed by atoms with Gasteiger partial charge in [0.1, 0.15) is 17.6 Å². The molecule has 1 aliphatic rings. The van der Waals surface area contributed by atoms with Gasteiger partial charge in [0.15, 0.2) is 6.61 Å². The Hall–Kier alpha value is -2.89. The summed E-state index contributed by atoms with van der Waals surface area (Å²) in [5, 5.41) is 2.61. The first-order valence-electron chi connectivity index (χ1n) is 8.04. The summed E-state index contributed by atoms with van der Waals surface area (Å²) in [6, 6.07) is 12.8. The van der Waals surface area contributed by atoms with E-state index in [0.717, 1.165) is 11.1 Å². The van der Waals surface area contributed by atoms with Crippen molar-refractivity contribution in [2.75, 3.05) is 13.7 Å². The molecule has 0 aliphatic carbocycles. The predicted octanol–water partition coefficient (Wildman–Crippen LogP) is 1.90. The van der Waals surface area contributed by atoms with Gasteiger partial charge in [-0.25, -0.2) is 4.39 Å². The summed E-state index contributed by atoms with van der Waals surface area (Å²) < 4.78 is 18.6. The van der Waals surface area contributed by atoms with E-state index in [1.54, 1.807) is 13.1 Å². The molecule has 0 bridgehead atoms. The fourth-order valence-corrected chi connectivity index (χ4v) is 2.97. The minimum atomic E-state index is -0.580. The lowest BCUT2D eigenvalue weighted by atomic mass is 9.93. The van der Waals surface area contributed by atoms with E-state index in [1.165, 1.54) is 23.1 Å². The minimum absolute atomic E-state index is 0.214. The Morgan fingerprint density at radius 3 is 2.68 bits per heavy atom. The highest BCUT2D eigenvalue weighted by molar-refractivity contribution is 5.88. The number of likely N-dealkylation sites (N-methyl/N-ethyl adjacent to an activating group) is 1. The largest absolute Gasteiger partial charge is 0.484 e. The molecule has 1 aliphatic heterocycles.